The molecule has 0 unspecified atom stereocenters. The van der Waals surface area contributed by atoms with Crippen molar-refractivity contribution in [3.05, 3.63) is 0 Å². The second-order valence-corrected chi connectivity index (χ2v) is 1.34. The lowest BCUT2D eigenvalue weighted by molar-refractivity contribution is 0.495. The van der Waals surface area contributed by atoms with Gasteiger partial charge in [-0.1, -0.05) is 6.42 Å². The van der Waals surface area contributed by atoms with Crippen molar-refractivity contribution in [2.45, 2.75) is 0 Å². The van der Waals surface area contributed by atoms with Crippen LogP contribution < -0.4 is 5.73 Å². The summed E-state index contributed by atoms with van der Waals surface area (Å²) in [4.78, 5) is 1.71. The van der Waals surface area contributed by atoms with Gasteiger partial charge in [0.25, 0.3) is 0 Å². The molecular formula is C5H10N2. The summed E-state index contributed by atoms with van der Waals surface area (Å²) in [6, 6.07) is 2.42. The molecule has 0 aliphatic heterocycles. The Kier molecular flexibility index (Phi) is 3.17. The number of rotatable bonds is 2. The predicted molar refractivity (Wildman–Crippen MR) is 30.5 cm³/mol. The van der Waals surface area contributed by atoms with Gasteiger partial charge in [-0.15, -0.1) is 0 Å². The zero-order valence-corrected chi connectivity index (χ0v) is 4.52. The third kappa shape index (κ3) is 3.14. The molecule has 0 heterocycles. The van der Waals surface area contributed by atoms with Gasteiger partial charge in [-0.2, -0.15) is 0 Å². The van der Waals surface area contributed by atoms with E-state index in [1.165, 1.54) is 0 Å². The molecule has 0 radical (unpaired) electrons. The van der Waals surface area contributed by atoms with Crippen molar-refractivity contribution in [2.75, 3.05) is 20.1 Å². The largest absolute Gasteiger partial charge is 0.335 e. The lowest BCUT2D eigenvalue weighted by Gasteiger charge is -2.05. The topological polar surface area (TPSA) is 29.3 Å². The summed E-state index contributed by atoms with van der Waals surface area (Å²) >= 11 is 0. The van der Waals surface area contributed by atoms with E-state index in [1.807, 2.05) is 7.05 Å². The molecule has 2 N–H and O–H groups in total. The summed E-state index contributed by atoms with van der Waals surface area (Å²) in [5, 5.41) is 0. The molecule has 0 spiro atoms. The van der Waals surface area contributed by atoms with Crippen LogP contribution in [0.1, 0.15) is 0 Å². The quantitative estimate of drug-likeness (QED) is 0.371. The van der Waals surface area contributed by atoms with Crippen LogP contribution >= 0.6 is 0 Å². The van der Waals surface area contributed by atoms with Gasteiger partial charge in [0, 0.05) is 26.2 Å². The van der Waals surface area contributed by atoms with Gasteiger partial charge in [0.05, 0.1) is 0 Å². The van der Waals surface area contributed by atoms with E-state index < -0.39 is 0 Å². The third-order valence-electron chi connectivity index (χ3n) is 0.685. The first-order valence-electron chi connectivity index (χ1n) is 2.18. The molecule has 0 saturated heterocycles. The van der Waals surface area contributed by atoms with Crippen LogP contribution in [0.3, 0.4) is 0 Å². The highest BCUT2D eigenvalue weighted by atomic mass is 15.1. The van der Waals surface area contributed by atoms with Crippen molar-refractivity contribution in [3.8, 4) is 12.5 Å². The van der Waals surface area contributed by atoms with Crippen LogP contribution in [0.2, 0.25) is 0 Å². The lowest BCUT2D eigenvalue weighted by atomic mass is 10.6. The highest BCUT2D eigenvalue weighted by Gasteiger charge is 1.81. The molecule has 0 bridgehead atoms. The summed E-state index contributed by atoms with van der Waals surface area (Å²) in [7, 11) is 1.83. The summed E-state index contributed by atoms with van der Waals surface area (Å²) in [5.41, 5.74) is 5.17. The predicted octanol–water partition coefficient (Wildman–Crippen LogP) is -0.532. The minimum absolute atomic E-state index is 0.626. The van der Waals surface area contributed by atoms with E-state index in [4.69, 9.17) is 12.2 Å². The van der Waals surface area contributed by atoms with E-state index in [-0.39, 0.29) is 0 Å². The van der Waals surface area contributed by atoms with Gasteiger partial charge in [0.1, 0.15) is 0 Å². The van der Waals surface area contributed by atoms with E-state index in [0.717, 1.165) is 6.54 Å². The molecule has 0 aromatic carbocycles. The second kappa shape index (κ2) is 3.51. The van der Waals surface area contributed by atoms with Gasteiger partial charge in [-0.25, -0.2) is 0 Å². The number of likely N-dealkylation sites (N-methyl/N-ethyl adjacent to an activating group) is 1. The van der Waals surface area contributed by atoms with Gasteiger partial charge in [-0.05, 0) is 0 Å². The summed E-state index contributed by atoms with van der Waals surface area (Å²) in [6.45, 7) is 1.40. The lowest BCUT2D eigenvalue weighted by Crippen LogP contribution is -2.20. The van der Waals surface area contributed by atoms with Crippen LogP contribution in [-0.2, 0) is 0 Å². The third-order valence-corrected chi connectivity index (χ3v) is 0.685. The van der Waals surface area contributed by atoms with Gasteiger partial charge >= 0.3 is 0 Å². The molecular weight excluding hydrogens is 88.1 g/mol. The van der Waals surface area contributed by atoms with Crippen molar-refractivity contribution in [2.24, 2.45) is 5.73 Å². The minimum atomic E-state index is 0.626. The van der Waals surface area contributed by atoms with Crippen molar-refractivity contribution in [1.82, 2.24) is 4.90 Å². The van der Waals surface area contributed by atoms with Crippen LogP contribution in [0, 0.1) is 12.5 Å². The van der Waals surface area contributed by atoms with Crippen molar-refractivity contribution in [1.29, 1.82) is 0 Å². The van der Waals surface area contributed by atoms with E-state index in [0.29, 0.717) is 6.54 Å². The Balaban J connectivity index is 3.04. The SMILES string of the molecule is C#CN(C)CCN. The summed E-state index contributed by atoms with van der Waals surface area (Å²) in [5.74, 6) is 0. The zero-order chi connectivity index (χ0) is 5.70. The van der Waals surface area contributed by atoms with E-state index >= 15 is 0 Å². The van der Waals surface area contributed by atoms with Crippen LogP contribution in [0.15, 0.2) is 0 Å². The van der Waals surface area contributed by atoms with Crippen LogP contribution in [-0.4, -0.2) is 25.0 Å². The maximum atomic E-state index is 5.17. The van der Waals surface area contributed by atoms with E-state index in [2.05, 4.69) is 6.04 Å². The second-order valence-electron chi connectivity index (χ2n) is 1.34. The Bertz CT molecular complexity index is 72.6. The van der Waals surface area contributed by atoms with Crippen molar-refractivity contribution >= 4 is 0 Å². The van der Waals surface area contributed by atoms with Crippen molar-refractivity contribution in [3.63, 3.8) is 0 Å². The molecule has 0 aliphatic carbocycles. The molecule has 40 valence electrons. The Labute approximate surface area is 44.3 Å². The number of hydrogen-bond donors (Lipinski definition) is 1. The zero-order valence-electron chi connectivity index (χ0n) is 4.52. The Hall–Kier alpha value is -0.680. The number of nitrogens with two attached hydrogens (primary N) is 1. The molecule has 0 fully saturated rings. The number of nitrogens with zero attached hydrogens (tertiary/aromatic N) is 1. The smallest absolute Gasteiger partial charge is 0.0380 e. The first-order chi connectivity index (χ1) is 3.31. The molecule has 0 aromatic rings. The highest BCUT2D eigenvalue weighted by molar-refractivity contribution is 4.81. The Morgan fingerprint density at radius 3 is 2.57 bits per heavy atom. The normalized spacial score (nSPS) is 7.57. The van der Waals surface area contributed by atoms with Gasteiger partial charge in [0.15, 0.2) is 0 Å². The molecule has 0 atom stereocenters. The fourth-order valence-corrected chi connectivity index (χ4v) is 0.258. The van der Waals surface area contributed by atoms with Crippen LogP contribution in [0.5, 0.6) is 0 Å². The molecule has 2 heteroatoms. The molecule has 0 aromatic heterocycles. The van der Waals surface area contributed by atoms with Gasteiger partial charge in [-0.3, -0.25) is 0 Å². The minimum Gasteiger partial charge on any atom is -0.335 e. The standard InChI is InChI=1S/C5H10N2/c1-3-7(2)5-4-6/h1H,4-6H2,2H3. The van der Waals surface area contributed by atoms with E-state index in [1.54, 1.807) is 4.90 Å². The maximum absolute atomic E-state index is 5.17. The monoisotopic (exact) mass is 98.1 g/mol. The molecule has 7 heavy (non-hydrogen) atoms. The fraction of sp³-hybridized carbons (Fsp3) is 0.600. The average molecular weight is 98.1 g/mol. The fourth-order valence-electron chi connectivity index (χ4n) is 0.258. The molecule has 2 nitrogen and oxygen atoms in total. The summed E-state index contributed by atoms with van der Waals surface area (Å²) in [6.07, 6.45) is 4.98. The number of hydrogen-bond acceptors (Lipinski definition) is 2. The number of terminal acetylenes is 1. The molecule has 0 rings (SSSR count). The van der Waals surface area contributed by atoms with E-state index in [9.17, 15) is 0 Å². The average Bonchev–Trinajstić information content (AvgIpc) is 1.68. The Morgan fingerprint density at radius 1 is 1.86 bits per heavy atom. The Morgan fingerprint density at radius 2 is 2.43 bits per heavy atom. The highest BCUT2D eigenvalue weighted by Crippen LogP contribution is 1.69. The summed E-state index contributed by atoms with van der Waals surface area (Å²) < 4.78 is 0. The first-order valence-corrected chi connectivity index (χ1v) is 2.18. The van der Waals surface area contributed by atoms with Crippen LogP contribution in [0.4, 0.5) is 0 Å². The molecule has 0 aliphatic rings. The van der Waals surface area contributed by atoms with Crippen molar-refractivity contribution < 1.29 is 0 Å². The van der Waals surface area contributed by atoms with Gasteiger partial charge < -0.3 is 10.6 Å². The molecule has 0 saturated carbocycles. The van der Waals surface area contributed by atoms with Crippen LogP contribution in [0.25, 0.3) is 0 Å². The van der Waals surface area contributed by atoms with Gasteiger partial charge in [0.2, 0.25) is 0 Å². The molecule has 0 amide bonds. The maximum Gasteiger partial charge on any atom is 0.0380 e. The first kappa shape index (κ1) is 6.32.